The Hall–Kier alpha value is -2.22. The molecule has 0 radical (unpaired) electrons. The van der Waals surface area contributed by atoms with E-state index in [0.29, 0.717) is 36.8 Å². The molecule has 0 bridgehead atoms. The number of anilines is 2. The van der Waals surface area contributed by atoms with Crippen LogP contribution in [0.2, 0.25) is 0 Å². The highest BCUT2D eigenvalue weighted by Crippen LogP contribution is 2.22. The van der Waals surface area contributed by atoms with Gasteiger partial charge >= 0.3 is 0 Å². The smallest absolute Gasteiger partial charge is 0.227 e. The van der Waals surface area contributed by atoms with Crippen LogP contribution in [-0.2, 0) is 16.4 Å². The molecule has 1 fully saturated rings. The van der Waals surface area contributed by atoms with Gasteiger partial charge in [-0.05, 0) is 25.5 Å². The fraction of sp³-hybridized carbons (Fsp3) is 0.412. The molecular formula is C17H21FN4O2S. The summed E-state index contributed by atoms with van der Waals surface area (Å²) in [6, 6.07) is 8.18. The largest absolute Gasteiger partial charge is 0.366 e. The molecule has 1 unspecified atom stereocenters. The maximum absolute atomic E-state index is 13.7. The van der Waals surface area contributed by atoms with Crippen LogP contribution in [0.3, 0.4) is 0 Å². The first-order valence-electron chi connectivity index (χ1n) is 8.26. The van der Waals surface area contributed by atoms with Gasteiger partial charge in [-0.15, -0.1) is 0 Å². The third kappa shape index (κ3) is 4.25. The fourth-order valence-electron chi connectivity index (χ4n) is 3.00. The van der Waals surface area contributed by atoms with Crippen LogP contribution in [0.1, 0.15) is 18.9 Å². The second-order valence-electron chi connectivity index (χ2n) is 6.03. The molecule has 1 aliphatic rings. The van der Waals surface area contributed by atoms with Gasteiger partial charge in [0.05, 0.1) is 11.5 Å². The van der Waals surface area contributed by atoms with Gasteiger partial charge in [-0.25, -0.2) is 17.8 Å². The molecule has 0 saturated carbocycles. The van der Waals surface area contributed by atoms with E-state index < -0.39 is 9.84 Å². The van der Waals surface area contributed by atoms with E-state index in [1.54, 1.807) is 30.5 Å². The second-order valence-corrected chi connectivity index (χ2v) is 8.26. The molecule has 1 aromatic carbocycles. The Labute approximate surface area is 147 Å². The minimum Gasteiger partial charge on any atom is -0.366 e. The predicted octanol–water partition coefficient (Wildman–Crippen LogP) is 2.24. The van der Waals surface area contributed by atoms with Crippen molar-refractivity contribution >= 4 is 21.6 Å². The Morgan fingerprint density at radius 3 is 2.80 bits per heavy atom. The first kappa shape index (κ1) is 17.6. The van der Waals surface area contributed by atoms with Crippen LogP contribution in [0.5, 0.6) is 0 Å². The summed E-state index contributed by atoms with van der Waals surface area (Å²) in [5, 5.41) is 3.09. The molecule has 1 aliphatic heterocycles. The van der Waals surface area contributed by atoms with Crippen LogP contribution in [0.25, 0.3) is 0 Å². The Bertz CT molecular complexity index is 844. The highest BCUT2D eigenvalue weighted by Gasteiger charge is 2.32. The van der Waals surface area contributed by atoms with Gasteiger partial charge in [-0.1, -0.05) is 18.2 Å². The molecule has 1 saturated heterocycles. The normalized spacial score (nSPS) is 18.9. The van der Waals surface area contributed by atoms with E-state index in [2.05, 4.69) is 15.3 Å². The molecule has 6 nitrogen and oxygen atoms in total. The van der Waals surface area contributed by atoms with E-state index >= 15 is 0 Å². The SMILES string of the molecule is CCN(c1nccc(NCc2ccccc2F)n1)C1CCS(=O)(=O)C1. The Kier molecular flexibility index (Phi) is 5.17. The summed E-state index contributed by atoms with van der Waals surface area (Å²) < 4.78 is 37.2. The lowest BCUT2D eigenvalue weighted by Crippen LogP contribution is -2.37. The Morgan fingerprint density at radius 2 is 2.12 bits per heavy atom. The van der Waals surface area contributed by atoms with E-state index in [9.17, 15) is 12.8 Å². The topological polar surface area (TPSA) is 75.2 Å². The maximum Gasteiger partial charge on any atom is 0.227 e. The molecule has 1 aromatic heterocycles. The summed E-state index contributed by atoms with van der Waals surface area (Å²) in [6.07, 6.45) is 2.21. The first-order chi connectivity index (χ1) is 12.0. The van der Waals surface area contributed by atoms with Crippen LogP contribution in [0.4, 0.5) is 16.2 Å². The van der Waals surface area contributed by atoms with Gasteiger partial charge in [0, 0.05) is 30.9 Å². The summed E-state index contributed by atoms with van der Waals surface area (Å²) in [5.41, 5.74) is 0.553. The van der Waals surface area contributed by atoms with Crippen LogP contribution in [-0.4, -0.2) is 42.5 Å². The highest BCUT2D eigenvalue weighted by molar-refractivity contribution is 7.91. The molecular weight excluding hydrogens is 343 g/mol. The molecule has 0 amide bonds. The number of hydrogen-bond acceptors (Lipinski definition) is 6. The molecule has 25 heavy (non-hydrogen) atoms. The summed E-state index contributed by atoms with van der Waals surface area (Å²) in [5.74, 6) is 1.14. The van der Waals surface area contributed by atoms with Crippen molar-refractivity contribution in [1.82, 2.24) is 9.97 Å². The average Bonchev–Trinajstić information content (AvgIpc) is 2.95. The van der Waals surface area contributed by atoms with E-state index in [-0.39, 0.29) is 23.4 Å². The third-order valence-electron chi connectivity index (χ3n) is 4.31. The van der Waals surface area contributed by atoms with Gasteiger partial charge in [-0.3, -0.25) is 0 Å². The molecule has 3 rings (SSSR count). The summed E-state index contributed by atoms with van der Waals surface area (Å²) in [4.78, 5) is 10.7. The number of hydrogen-bond donors (Lipinski definition) is 1. The Morgan fingerprint density at radius 1 is 1.32 bits per heavy atom. The van der Waals surface area contributed by atoms with E-state index in [1.807, 2.05) is 11.8 Å². The van der Waals surface area contributed by atoms with Crippen LogP contribution >= 0.6 is 0 Å². The summed E-state index contributed by atoms with van der Waals surface area (Å²) >= 11 is 0. The number of aromatic nitrogens is 2. The zero-order valence-electron chi connectivity index (χ0n) is 14.0. The van der Waals surface area contributed by atoms with E-state index in [1.165, 1.54) is 6.07 Å². The van der Waals surface area contributed by atoms with Crippen molar-refractivity contribution in [1.29, 1.82) is 0 Å². The van der Waals surface area contributed by atoms with Gasteiger partial charge in [0.25, 0.3) is 0 Å². The van der Waals surface area contributed by atoms with Gasteiger partial charge in [0.15, 0.2) is 9.84 Å². The van der Waals surface area contributed by atoms with Crippen molar-refractivity contribution < 1.29 is 12.8 Å². The van der Waals surface area contributed by atoms with Crippen molar-refractivity contribution in [3.63, 3.8) is 0 Å². The first-order valence-corrected chi connectivity index (χ1v) is 10.1. The van der Waals surface area contributed by atoms with Crippen LogP contribution in [0.15, 0.2) is 36.5 Å². The second kappa shape index (κ2) is 7.35. The maximum atomic E-state index is 13.7. The summed E-state index contributed by atoms with van der Waals surface area (Å²) in [7, 11) is -2.97. The standard InChI is InChI=1S/C17H21FN4O2S/c1-2-22(14-8-10-25(23,24)12-14)17-19-9-7-16(21-17)20-11-13-5-3-4-6-15(13)18/h3-7,9,14H,2,8,10-12H2,1H3,(H,19,20,21). The van der Waals surface area contributed by atoms with Crippen molar-refractivity contribution in [2.75, 3.05) is 28.3 Å². The highest BCUT2D eigenvalue weighted by atomic mass is 32.2. The molecule has 2 aromatic rings. The minimum absolute atomic E-state index is 0.100. The van der Waals surface area contributed by atoms with Crippen molar-refractivity contribution in [2.45, 2.75) is 25.9 Å². The van der Waals surface area contributed by atoms with Crippen LogP contribution < -0.4 is 10.2 Å². The van der Waals surface area contributed by atoms with Crippen molar-refractivity contribution in [3.05, 3.63) is 47.9 Å². The van der Waals surface area contributed by atoms with Gasteiger partial charge in [0.1, 0.15) is 11.6 Å². The van der Waals surface area contributed by atoms with Crippen molar-refractivity contribution in [2.24, 2.45) is 0 Å². The van der Waals surface area contributed by atoms with Crippen LogP contribution in [0, 0.1) is 5.82 Å². The monoisotopic (exact) mass is 364 g/mol. The lowest BCUT2D eigenvalue weighted by atomic mass is 10.2. The van der Waals surface area contributed by atoms with E-state index in [4.69, 9.17) is 0 Å². The number of benzene rings is 1. The van der Waals surface area contributed by atoms with E-state index in [0.717, 1.165) is 0 Å². The third-order valence-corrected chi connectivity index (χ3v) is 6.06. The lowest BCUT2D eigenvalue weighted by Gasteiger charge is -2.26. The van der Waals surface area contributed by atoms with Gasteiger partial charge < -0.3 is 10.2 Å². The molecule has 1 N–H and O–H groups in total. The van der Waals surface area contributed by atoms with Gasteiger partial charge in [-0.2, -0.15) is 4.98 Å². The number of nitrogens with zero attached hydrogens (tertiary/aromatic N) is 3. The number of rotatable bonds is 6. The molecule has 0 spiro atoms. The molecule has 1 atom stereocenters. The molecule has 8 heteroatoms. The number of halogens is 1. The zero-order chi connectivity index (χ0) is 17.9. The lowest BCUT2D eigenvalue weighted by molar-refractivity contribution is 0.599. The zero-order valence-corrected chi connectivity index (χ0v) is 14.8. The van der Waals surface area contributed by atoms with Crippen molar-refractivity contribution in [3.8, 4) is 0 Å². The fourth-order valence-corrected chi connectivity index (χ4v) is 4.73. The van der Waals surface area contributed by atoms with Gasteiger partial charge in [0.2, 0.25) is 5.95 Å². The number of sulfone groups is 1. The number of nitrogens with one attached hydrogen (secondary N) is 1. The Balaban J connectivity index is 1.73. The molecule has 134 valence electrons. The molecule has 0 aliphatic carbocycles. The molecule has 2 heterocycles. The minimum atomic E-state index is -2.97. The quantitative estimate of drug-likeness (QED) is 0.847. The predicted molar refractivity (Wildman–Crippen MR) is 95.8 cm³/mol. The average molecular weight is 364 g/mol. The summed E-state index contributed by atoms with van der Waals surface area (Å²) in [6.45, 7) is 2.89.